The van der Waals surface area contributed by atoms with Gasteiger partial charge in [-0.15, -0.1) is 23.1 Å². The van der Waals surface area contributed by atoms with Gasteiger partial charge in [0.05, 0.1) is 23.1 Å². The lowest BCUT2D eigenvalue weighted by Gasteiger charge is -2.03. The second-order valence-corrected chi connectivity index (χ2v) is 7.63. The molecular formula is C15H15N5O2S2. The smallest absolute Gasteiger partial charge is 0.259 e. The first kappa shape index (κ1) is 15.4. The van der Waals surface area contributed by atoms with Crippen molar-refractivity contribution in [1.29, 1.82) is 0 Å². The van der Waals surface area contributed by atoms with E-state index in [9.17, 15) is 9.59 Å². The SMILES string of the molecule is O=C(CSCc1nc2sc3c(c2c(=O)[nH]1)CCC3)Nc1ccn[nH]1. The number of thiophene rings is 1. The van der Waals surface area contributed by atoms with Crippen molar-refractivity contribution in [3.63, 3.8) is 0 Å². The van der Waals surface area contributed by atoms with Gasteiger partial charge >= 0.3 is 0 Å². The van der Waals surface area contributed by atoms with Crippen molar-refractivity contribution in [2.45, 2.75) is 25.0 Å². The van der Waals surface area contributed by atoms with E-state index in [1.165, 1.54) is 22.2 Å². The van der Waals surface area contributed by atoms with Crippen LogP contribution < -0.4 is 10.9 Å². The molecule has 24 heavy (non-hydrogen) atoms. The number of hydrogen-bond donors (Lipinski definition) is 3. The molecule has 3 N–H and O–H groups in total. The zero-order valence-electron chi connectivity index (χ0n) is 12.7. The molecule has 0 aromatic carbocycles. The van der Waals surface area contributed by atoms with Crippen LogP contribution in [0.15, 0.2) is 17.1 Å². The topological polar surface area (TPSA) is 104 Å². The highest BCUT2D eigenvalue weighted by molar-refractivity contribution is 7.99. The fourth-order valence-corrected chi connectivity index (χ4v) is 4.84. The molecule has 0 spiro atoms. The number of nitrogens with zero attached hydrogens (tertiary/aromatic N) is 2. The van der Waals surface area contributed by atoms with Crippen LogP contribution in [-0.2, 0) is 23.4 Å². The molecule has 3 aromatic heterocycles. The summed E-state index contributed by atoms with van der Waals surface area (Å²) in [5, 5.41) is 9.91. The fourth-order valence-electron chi connectivity index (χ4n) is 2.87. The molecule has 0 atom stereocenters. The number of hydrogen-bond acceptors (Lipinski definition) is 6. The predicted octanol–water partition coefficient (Wildman–Crippen LogP) is 2.07. The van der Waals surface area contributed by atoms with E-state index in [1.807, 2.05) is 0 Å². The van der Waals surface area contributed by atoms with Gasteiger partial charge in [0, 0.05) is 10.9 Å². The van der Waals surface area contributed by atoms with Gasteiger partial charge < -0.3 is 10.3 Å². The van der Waals surface area contributed by atoms with Crippen LogP contribution >= 0.6 is 23.1 Å². The van der Waals surface area contributed by atoms with Gasteiger partial charge in [0.25, 0.3) is 5.56 Å². The summed E-state index contributed by atoms with van der Waals surface area (Å²) >= 11 is 3.04. The van der Waals surface area contributed by atoms with E-state index < -0.39 is 0 Å². The fraction of sp³-hybridized carbons (Fsp3) is 0.333. The summed E-state index contributed by atoms with van der Waals surface area (Å²) in [6.07, 6.45) is 4.72. The second-order valence-electron chi connectivity index (χ2n) is 5.56. The number of carbonyl (C=O) groups excluding carboxylic acids is 1. The third-order valence-electron chi connectivity index (χ3n) is 3.87. The Morgan fingerprint density at radius 2 is 2.33 bits per heavy atom. The Kier molecular flexibility index (Phi) is 4.11. The van der Waals surface area contributed by atoms with Crippen molar-refractivity contribution in [1.82, 2.24) is 20.2 Å². The number of carbonyl (C=O) groups is 1. The lowest BCUT2D eigenvalue weighted by Crippen LogP contribution is -2.15. The predicted molar refractivity (Wildman–Crippen MR) is 95.6 cm³/mol. The summed E-state index contributed by atoms with van der Waals surface area (Å²) in [6, 6.07) is 1.69. The normalized spacial score (nSPS) is 13.3. The quantitative estimate of drug-likeness (QED) is 0.645. The van der Waals surface area contributed by atoms with Crippen LogP contribution in [0.3, 0.4) is 0 Å². The van der Waals surface area contributed by atoms with Gasteiger partial charge in [-0.3, -0.25) is 14.7 Å². The highest BCUT2D eigenvalue weighted by atomic mass is 32.2. The minimum Gasteiger partial charge on any atom is -0.310 e. The van der Waals surface area contributed by atoms with E-state index in [2.05, 4.69) is 25.5 Å². The van der Waals surface area contributed by atoms with Gasteiger partial charge in [-0.05, 0) is 24.8 Å². The highest BCUT2D eigenvalue weighted by Gasteiger charge is 2.21. The van der Waals surface area contributed by atoms with Gasteiger partial charge in [0.15, 0.2) is 0 Å². The maximum absolute atomic E-state index is 12.3. The van der Waals surface area contributed by atoms with Gasteiger partial charge in [-0.1, -0.05) is 0 Å². The van der Waals surface area contributed by atoms with Crippen molar-refractivity contribution in [3.8, 4) is 0 Å². The Hall–Kier alpha value is -2.13. The molecule has 0 saturated heterocycles. The lowest BCUT2D eigenvalue weighted by molar-refractivity contribution is -0.113. The van der Waals surface area contributed by atoms with Gasteiger partial charge in [-0.2, -0.15) is 5.10 Å². The minimum absolute atomic E-state index is 0.0584. The van der Waals surface area contributed by atoms with Crippen LogP contribution in [0.2, 0.25) is 0 Å². The highest BCUT2D eigenvalue weighted by Crippen LogP contribution is 2.34. The number of fused-ring (bicyclic) bond motifs is 3. The van der Waals surface area contributed by atoms with Crippen molar-refractivity contribution in [2.24, 2.45) is 0 Å². The van der Waals surface area contributed by atoms with Gasteiger partial charge in [-0.25, -0.2) is 4.98 Å². The molecular weight excluding hydrogens is 346 g/mol. The summed E-state index contributed by atoms with van der Waals surface area (Å²) in [7, 11) is 0. The lowest BCUT2D eigenvalue weighted by atomic mass is 10.2. The van der Waals surface area contributed by atoms with Crippen LogP contribution in [0.5, 0.6) is 0 Å². The molecule has 4 rings (SSSR count). The van der Waals surface area contributed by atoms with Crippen molar-refractivity contribution < 1.29 is 4.79 Å². The Bertz CT molecular complexity index is 945. The summed E-state index contributed by atoms with van der Waals surface area (Å²) in [6.45, 7) is 0. The largest absolute Gasteiger partial charge is 0.310 e. The number of H-pyrrole nitrogens is 2. The standard InChI is InChI=1S/C15H15N5O2S2/c21-12(17-10-4-5-16-20-10)7-23-6-11-18-14(22)13-8-2-1-3-9(8)24-15(13)19-11/h4-5H,1-3,6-7H2,(H,18,19,22)(H2,16,17,20,21). The molecule has 0 aliphatic heterocycles. The summed E-state index contributed by atoms with van der Waals surface area (Å²) in [4.78, 5) is 33.7. The van der Waals surface area contributed by atoms with Crippen LogP contribution in [0.1, 0.15) is 22.7 Å². The maximum atomic E-state index is 12.3. The second kappa shape index (κ2) is 6.40. The first-order chi connectivity index (χ1) is 11.7. The first-order valence-electron chi connectivity index (χ1n) is 7.61. The zero-order valence-corrected chi connectivity index (χ0v) is 14.4. The van der Waals surface area contributed by atoms with Crippen LogP contribution in [0.25, 0.3) is 10.2 Å². The Morgan fingerprint density at radius 3 is 3.17 bits per heavy atom. The van der Waals surface area contributed by atoms with E-state index in [4.69, 9.17) is 0 Å². The minimum atomic E-state index is -0.122. The molecule has 0 fully saturated rings. The van der Waals surface area contributed by atoms with Crippen molar-refractivity contribution in [2.75, 3.05) is 11.1 Å². The van der Waals surface area contributed by atoms with Crippen LogP contribution in [0, 0.1) is 0 Å². The molecule has 7 nitrogen and oxygen atoms in total. The number of amides is 1. The summed E-state index contributed by atoms with van der Waals surface area (Å²) < 4.78 is 0. The molecule has 9 heteroatoms. The van der Waals surface area contributed by atoms with E-state index in [-0.39, 0.29) is 17.2 Å². The van der Waals surface area contributed by atoms with E-state index in [0.29, 0.717) is 17.4 Å². The number of anilines is 1. The molecule has 1 amide bonds. The van der Waals surface area contributed by atoms with Gasteiger partial charge in [0.1, 0.15) is 16.5 Å². The number of aromatic amines is 2. The molecule has 1 aliphatic carbocycles. The summed E-state index contributed by atoms with van der Waals surface area (Å²) in [5.41, 5.74) is 1.12. The van der Waals surface area contributed by atoms with E-state index in [0.717, 1.165) is 29.5 Å². The molecule has 3 heterocycles. The number of aromatic nitrogens is 4. The monoisotopic (exact) mass is 361 g/mol. The number of aryl methyl sites for hydroxylation is 2. The van der Waals surface area contributed by atoms with Crippen LogP contribution in [-0.4, -0.2) is 31.8 Å². The number of nitrogens with one attached hydrogen (secondary N) is 3. The summed E-state index contributed by atoms with van der Waals surface area (Å²) in [5.74, 6) is 1.84. The van der Waals surface area contributed by atoms with Crippen molar-refractivity contribution in [3.05, 3.63) is 38.9 Å². The van der Waals surface area contributed by atoms with Crippen LogP contribution in [0.4, 0.5) is 5.82 Å². The first-order valence-corrected chi connectivity index (χ1v) is 9.58. The third kappa shape index (κ3) is 2.96. The third-order valence-corrected chi connectivity index (χ3v) is 6.00. The zero-order chi connectivity index (χ0) is 16.5. The van der Waals surface area contributed by atoms with E-state index >= 15 is 0 Å². The number of thioether (sulfide) groups is 1. The van der Waals surface area contributed by atoms with Gasteiger partial charge in [0.2, 0.25) is 5.91 Å². The number of rotatable bonds is 5. The van der Waals surface area contributed by atoms with E-state index in [1.54, 1.807) is 23.6 Å². The molecule has 0 radical (unpaired) electrons. The molecule has 1 aliphatic rings. The Morgan fingerprint density at radius 1 is 1.42 bits per heavy atom. The average molecular weight is 361 g/mol. The molecule has 0 unspecified atom stereocenters. The molecule has 0 saturated carbocycles. The molecule has 124 valence electrons. The van der Waals surface area contributed by atoms with Crippen molar-refractivity contribution >= 4 is 45.0 Å². The maximum Gasteiger partial charge on any atom is 0.259 e. The Balaban J connectivity index is 1.42. The Labute approximate surface area is 145 Å². The molecule has 0 bridgehead atoms. The molecule has 3 aromatic rings. The average Bonchev–Trinajstić information content (AvgIpc) is 3.23.